The molecule has 0 aliphatic carbocycles. The van der Waals surface area contributed by atoms with E-state index in [9.17, 15) is 5.11 Å². The van der Waals surface area contributed by atoms with E-state index in [1.807, 2.05) is 12.1 Å². The molecule has 1 fully saturated rings. The van der Waals surface area contributed by atoms with Gasteiger partial charge in [0.25, 0.3) is 0 Å². The lowest BCUT2D eigenvalue weighted by Gasteiger charge is -2.25. The molecule has 1 aliphatic heterocycles. The average molecular weight is 250 g/mol. The molecule has 4 nitrogen and oxygen atoms in total. The molecule has 2 rings (SSSR count). The van der Waals surface area contributed by atoms with E-state index in [1.54, 1.807) is 13.1 Å². The van der Waals surface area contributed by atoms with Gasteiger partial charge in [0.1, 0.15) is 5.82 Å². The van der Waals surface area contributed by atoms with Crippen LogP contribution in [0.5, 0.6) is 0 Å². The average Bonchev–Trinajstić information content (AvgIpc) is 2.84. The van der Waals surface area contributed by atoms with Crippen molar-refractivity contribution in [3.05, 3.63) is 23.9 Å². The highest BCUT2D eigenvalue weighted by Crippen LogP contribution is 2.27. The largest absolute Gasteiger partial charge is 0.396 e. The van der Waals surface area contributed by atoms with Gasteiger partial charge in [0, 0.05) is 25.4 Å². The summed E-state index contributed by atoms with van der Waals surface area (Å²) in [5.41, 5.74) is 0.852. The first-order chi connectivity index (χ1) is 8.72. The summed E-state index contributed by atoms with van der Waals surface area (Å²) in [5.74, 6) is 0.986. The maximum Gasteiger partial charge on any atom is 0.128 e. The predicted molar refractivity (Wildman–Crippen MR) is 71.6 cm³/mol. The minimum atomic E-state index is -0.463. The lowest BCUT2D eigenvalue weighted by molar-refractivity contribution is 0.199. The van der Waals surface area contributed by atoms with Gasteiger partial charge in [-0.3, -0.25) is 0 Å². The fourth-order valence-electron chi connectivity index (χ4n) is 2.58. The number of hydrogen-bond donors (Lipinski definition) is 2. The van der Waals surface area contributed by atoms with Crippen molar-refractivity contribution in [1.82, 2.24) is 4.98 Å². The zero-order valence-electron chi connectivity index (χ0n) is 10.9. The highest BCUT2D eigenvalue weighted by atomic mass is 16.3. The smallest absolute Gasteiger partial charge is 0.128 e. The molecule has 2 heterocycles. The Labute approximate surface area is 108 Å². The van der Waals surface area contributed by atoms with Crippen molar-refractivity contribution in [2.75, 3.05) is 18.1 Å². The standard InChI is InChI=1S/C14H22N2O2/c1-11(18)12-6-7-14(15-10-12)16-8-2-4-13(16)5-3-9-17/h6-7,10-11,13,17-18H,2-5,8-9H2,1H3. The van der Waals surface area contributed by atoms with Gasteiger partial charge in [-0.15, -0.1) is 0 Å². The molecule has 2 N–H and O–H groups in total. The summed E-state index contributed by atoms with van der Waals surface area (Å²) in [7, 11) is 0. The Balaban J connectivity index is 2.05. The Morgan fingerprint density at radius 2 is 2.33 bits per heavy atom. The number of pyridine rings is 1. The molecule has 2 unspecified atom stereocenters. The molecule has 0 bridgehead atoms. The molecule has 1 aliphatic rings. The van der Waals surface area contributed by atoms with Crippen LogP contribution >= 0.6 is 0 Å². The van der Waals surface area contributed by atoms with Crippen molar-refractivity contribution in [3.8, 4) is 0 Å². The molecule has 100 valence electrons. The van der Waals surface area contributed by atoms with E-state index >= 15 is 0 Å². The van der Waals surface area contributed by atoms with Crippen molar-refractivity contribution in [3.63, 3.8) is 0 Å². The maximum absolute atomic E-state index is 9.47. The zero-order chi connectivity index (χ0) is 13.0. The zero-order valence-corrected chi connectivity index (χ0v) is 10.9. The molecule has 0 aromatic carbocycles. The third-order valence-corrected chi connectivity index (χ3v) is 3.62. The van der Waals surface area contributed by atoms with Crippen molar-refractivity contribution in [1.29, 1.82) is 0 Å². The van der Waals surface area contributed by atoms with E-state index < -0.39 is 6.10 Å². The number of aliphatic hydroxyl groups excluding tert-OH is 2. The van der Waals surface area contributed by atoms with Crippen molar-refractivity contribution in [2.24, 2.45) is 0 Å². The van der Waals surface area contributed by atoms with Crippen LogP contribution in [0.15, 0.2) is 18.3 Å². The first-order valence-electron chi connectivity index (χ1n) is 6.74. The summed E-state index contributed by atoms with van der Waals surface area (Å²) in [6.07, 6.45) is 5.54. The second-order valence-electron chi connectivity index (χ2n) is 4.98. The number of anilines is 1. The van der Waals surface area contributed by atoms with Gasteiger partial charge in [-0.2, -0.15) is 0 Å². The van der Waals surface area contributed by atoms with Crippen molar-refractivity contribution >= 4 is 5.82 Å². The number of rotatable bonds is 5. The predicted octanol–water partition coefficient (Wildman–Crippen LogP) is 1.88. The molecule has 0 spiro atoms. The molecular formula is C14H22N2O2. The van der Waals surface area contributed by atoms with Crippen LogP contribution in [-0.2, 0) is 0 Å². The SMILES string of the molecule is CC(O)c1ccc(N2CCCC2CCCO)nc1. The van der Waals surface area contributed by atoms with Crippen LogP contribution in [0.2, 0.25) is 0 Å². The minimum Gasteiger partial charge on any atom is -0.396 e. The number of nitrogens with zero attached hydrogens (tertiary/aromatic N) is 2. The van der Waals surface area contributed by atoms with E-state index in [-0.39, 0.29) is 6.61 Å². The summed E-state index contributed by atoms with van der Waals surface area (Å²) < 4.78 is 0. The van der Waals surface area contributed by atoms with Crippen LogP contribution in [0.4, 0.5) is 5.82 Å². The van der Waals surface area contributed by atoms with Gasteiger partial charge in [-0.1, -0.05) is 6.07 Å². The van der Waals surface area contributed by atoms with Crippen LogP contribution in [0.25, 0.3) is 0 Å². The Morgan fingerprint density at radius 3 is 2.94 bits per heavy atom. The normalized spacial score (nSPS) is 21.3. The summed E-state index contributed by atoms with van der Waals surface area (Å²) in [6, 6.07) is 4.43. The van der Waals surface area contributed by atoms with Crippen molar-refractivity contribution in [2.45, 2.75) is 44.8 Å². The molecule has 1 aromatic heterocycles. The first-order valence-corrected chi connectivity index (χ1v) is 6.74. The molecule has 1 saturated heterocycles. The number of aromatic nitrogens is 1. The summed E-state index contributed by atoms with van der Waals surface area (Å²) in [5, 5.41) is 18.4. The Kier molecular flexibility index (Phi) is 4.55. The lowest BCUT2D eigenvalue weighted by atomic mass is 10.1. The summed E-state index contributed by atoms with van der Waals surface area (Å²) in [6.45, 7) is 3.05. The number of aliphatic hydroxyl groups is 2. The lowest BCUT2D eigenvalue weighted by Crippen LogP contribution is -2.30. The Bertz CT molecular complexity index is 365. The summed E-state index contributed by atoms with van der Waals surface area (Å²) in [4.78, 5) is 6.76. The molecule has 0 saturated carbocycles. The van der Waals surface area contributed by atoms with E-state index in [4.69, 9.17) is 5.11 Å². The van der Waals surface area contributed by atoms with Crippen LogP contribution in [-0.4, -0.2) is 34.4 Å². The molecule has 0 radical (unpaired) electrons. The van der Waals surface area contributed by atoms with Crippen LogP contribution < -0.4 is 4.90 Å². The Morgan fingerprint density at radius 1 is 1.50 bits per heavy atom. The summed E-state index contributed by atoms with van der Waals surface area (Å²) >= 11 is 0. The molecule has 4 heteroatoms. The van der Waals surface area contributed by atoms with E-state index in [1.165, 1.54) is 12.8 Å². The second kappa shape index (κ2) is 6.16. The topological polar surface area (TPSA) is 56.6 Å². The van der Waals surface area contributed by atoms with Gasteiger partial charge in [0.15, 0.2) is 0 Å². The monoisotopic (exact) mass is 250 g/mol. The maximum atomic E-state index is 9.47. The highest BCUT2D eigenvalue weighted by Gasteiger charge is 2.24. The molecule has 18 heavy (non-hydrogen) atoms. The van der Waals surface area contributed by atoms with E-state index in [0.29, 0.717) is 6.04 Å². The van der Waals surface area contributed by atoms with Gasteiger partial charge in [0.05, 0.1) is 6.10 Å². The van der Waals surface area contributed by atoms with Crippen LogP contribution in [0, 0.1) is 0 Å². The van der Waals surface area contributed by atoms with E-state index in [2.05, 4.69) is 9.88 Å². The first kappa shape index (κ1) is 13.3. The fourth-order valence-corrected chi connectivity index (χ4v) is 2.58. The molecule has 2 atom stereocenters. The van der Waals surface area contributed by atoms with Gasteiger partial charge in [0.2, 0.25) is 0 Å². The quantitative estimate of drug-likeness (QED) is 0.837. The molecule has 1 aromatic rings. The van der Waals surface area contributed by atoms with Gasteiger partial charge in [-0.05, 0) is 44.2 Å². The van der Waals surface area contributed by atoms with Gasteiger partial charge < -0.3 is 15.1 Å². The third-order valence-electron chi connectivity index (χ3n) is 3.62. The third kappa shape index (κ3) is 3.00. The molecule has 0 amide bonds. The second-order valence-corrected chi connectivity index (χ2v) is 4.98. The minimum absolute atomic E-state index is 0.263. The van der Waals surface area contributed by atoms with Gasteiger partial charge >= 0.3 is 0 Å². The number of hydrogen-bond acceptors (Lipinski definition) is 4. The van der Waals surface area contributed by atoms with Crippen LogP contribution in [0.1, 0.15) is 44.3 Å². The fraction of sp³-hybridized carbons (Fsp3) is 0.643. The van der Waals surface area contributed by atoms with Crippen molar-refractivity contribution < 1.29 is 10.2 Å². The Hall–Kier alpha value is -1.13. The highest BCUT2D eigenvalue weighted by molar-refractivity contribution is 5.42. The molecular weight excluding hydrogens is 228 g/mol. The van der Waals surface area contributed by atoms with Crippen LogP contribution in [0.3, 0.4) is 0 Å². The van der Waals surface area contributed by atoms with Gasteiger partial charge in [-0.25, -0.2) is 4.98 Å². The van der Waals surface area contributed by atoms with E-state index in [0.717, 1.165) is 30.8 Å².